The van der Waals surface area contributed by atoms with E-state index in [0.29, 0.717) is 5.56 Å². The molecule has 0 N–H and O–H groups in total. The first-order chi connectivity index (χ1) is 9.66. The van der Waals surface area contributed by atoms with Crippen LogP contribution in [0.3, 0.4) is 0 Å². The fraction of sp³-hybridized carbons (Fsp3) is 0.0588. The number of fused-ring (bicyclic) bond motifs is 1. The fourth-order valence-corrected chi connectivity index (χ4v) is 2.26. The van der Waals surface area contributed by atoms with Crippen molar-refractivity contribution in [2.24, 2.45) is 0 Å². The minimum absolute atomic E-state index is 0.0898. The summed E-state index contributed by atoms with van der Waals surface area (Å²) in [4.78, 5) is 16.6. The van der Waals surface area contributed by atoms with Gasteiger partial charge in [0.25, 0.3) is 0 Å². The van der Waals surface area contributed by atoms with Gasteiger partial charge in [-0.2, -0.15) is 0 Å². The SMILES string of the molecule is Cc1ccc(C(=O)c2cccc3ccncc23)c(F)c1. The van der Waals surface area contributed by atoms with Gasteiger partial charge in [0.15, 0.2) is 5.78 Å². The van der Waals surface area contributed by atoms with Crippen LogP contribution in [0.5, 0.6) is 0 Å². The summed E-state index contributed by atoms with van der Waals surface area (Å²) in [5.41, 5.74) is 1.35. The lowest BCUT2D eigenvalue weighted by molar-refractivity contribution is 0.103. The van der Waals surface area contributed by atoms with Gasteiger partial charge in [0.2, 0.25) is 0 Å². The van der Waals surface area contributed by atoms with Crippen molar-refractivity contribution in [2.45, 2.75) is 6.92 Å². The highest BCUT2D eigenvalue weighted by Gasteiger charge is 2.16. The first-order valence-electron chi connectivity index (χ1n) is 6.30. The lowest BCUT2D eigenvalue weighted by Crippen LogP contribution is -2.05. The number of rotatable bonds is 2. The Morgan fingerprint density at radius 1 is 1.10 bits per heavy atom. The molecular formula is C17H12FNO. The van der Waals surface area contributed by atoms with E-state index in [2.05, 4.69) is 4.98 Å². The number of hydrogen-bond acceptors (Lipinski definition) is 2. The molecule has 20 heavy (non-hydrogen) atoms. The summed E-state index contributed by atoms with van der Waals surface area (Å²) in [6.07, 6.45) is 3.30. The summed E-state index contributed by atoms with van der Waals surface area (Å²) >= 11 is 0. The quantitative estimate of drug-likeness (QED) is 0.657. The number of carbonyl (C=O) groups is 1. The van der Waals surface area contributed by atoms with Crippen LogP contribution in [0.4, 0.5) is 4.39 Å². The van der Waals surface area contributed by atoms with Crippen LogP contribution < -0.4 is 0 Å². The van der Waals surface area contributed by atoms with Gasteiger partial charge in [-0.3, -0.25) is 9.78 Å². The second kappa shape index (κ2) is 4.85. The molecule has 3 rings (SSSR count). The third-order valence-electron chi connectivity index (χ3n) is 3.30. The maximum atomic E-state index is 14.0. The highest BCUT2D eigenvalue weighted by molar-refractivity contribution is 6.16. The van der Waals surface area contributed by atoms with Crippen molar-refractivity contribution in [3.8, 4) is 0 Å². The molecule has 98 valence electrons. The molecular weight excluding hydrogens is 253 g/mol. The third kappa shape index (κ3) is 2.07. The van der Waals surface area contributed by atoms with Gasteiger partial charge in [-0.15, -0.1) is 0 Å². The highest BCUT2D eigenvalue weighted by Crippen LogP contribution is 2.22. The van der Waals surface area contributed by atoms with Crippen LogP contribution in [-0.4, -0.2) is 10.8 Å². The van der Waals surface area contributed by atoms with E-state index in [-0.39, 0.29) is 11.3 Å². The molecule has 1 aromatic heterocycles. The van der Waals surface area contributed by atoms with Crippen molar-refractivity contribution < 1.29 is 9.18 Å². The van der Waals surface area contributed by atoms with Crippen LogP contribution in [0.15, 0.2) is 54.9 Å². The minimum Gasteiger partial charge on any atom is -0.288 e. The molecule has 0 aliphatic carbocycles. The van der Waals surface area contributed by atoms with Crippen molar-refractivity contribution in [2.75, 3.05) is 0 Å². The molecule has 2 nitrogen and oxygen atoms in total. The van der Waals surface area contributed by atoms with Gasteiger partial charge in [0.05, 0.1) is 5.56 Å². The Morgan fingerprint density at radius 3 is 2.75 bits per heavy atom. The maximum absolute atomic E-state index is 14.0. The zero-order chi connectivity index (χ0) is 14.1. The summed E-state index contributed by atoms with van der Waals surface area (Å²) in [7, 11) is 0. The van der Waals surface area contributed by atoms with Crippen LogP contribution in [-0.2, 0) is 0 Å². The molecule has 0 spiro atoms. The predicted molar refractivity (Wildman–Crippen MR) is 76.3 cm³/mol. The van der Waals surface area contributed by atoms with E-state index >= 15 is 0 Å². The topological polar surface area (TPSA) is 30.0 Å². The van der Waals surface area contributed by atoms with E-state index in [9.17, 15) is 9.18 Å². The van der Waals surface area contributed by atoms with Crippen LogP contribution in [0, 0.1) is 12.7 Å². The van der Waals surface area contributed by atoms with Gasteiger partial charge in [-0.1, -0.05) is 24.3 Å². The first-order valence-corrected chi connectivity index (χ1v) is 6.30. The number of carbonyl (C=O) groups excluding carboxylic acids is 1. The van der Waals surface area contributed by atoms with Crippen molar-refractivity contribution in [1.29, 1.82) is 0 Å². The van der Waals surface area contributed by atoms with Gasteiger partial charge < -0.3 is 0 Å². The van der Waals surface area contributed by atoms with Crippen LogP contribution in [0.1, 0.15) is 21.5 Å². The average molecular weight is 265 g/mol. The Balaban J connectivity index is 2.18. The van der Waals surface area contributed by atoms with Crippen molar-refractivity contribution in [3.05, 3.63) is 77.4 Å². The Labute approximate surface area is 115 Å². The van der Waals surface area contributed by atoms with Gasteiger partial charge in [0.1, 0.15) is 5.82 Å². The maximum Gasteiger partial charge on any atom is 0.196 e. The number of benzene rings is 2. The van der Waals surface area contributed by atoms with Gasteiger partial charge in [-0.25, -0.2) is 4.39 Å². The predicted octanol–water partition coefficient (Wildman–Crippen LogP) is 3.91. The zero-order valence-corrected chi connectivity index (χ0v) is 10.9. The van der Waals surface area contributed by atoms with Crippen molar-refractivity contribution in [3.63, 3.8) is 0 Å². The van der Waals surface area contributed by atoms with E-state index in [1.807, 2.05) is 12.1 Å². The summed E-state index contributed by atoms with van der Waals surface area (Å²) in [6.45, 7) is 1.79. The van der Waals surface area contributed by atoms with E-state index in [0.717, 1.165) is 16.3 Å². The molecule has 0 radical (unpaired) electrons. The standard InChI is InChI=1S/C17H12FNO/c1-11-5-6-14(16(18)9-11)17(20)13-4-2-3-12-7-8-19-10-15(12)13/h2-10H,1H3. The largest absolute Gasteiger partial charge is 0.288 e. The van der Waals surface area contributed by atoms with Crippen molar-refractivity contribution in [1.82, 2.24) is 4.98 Å². The molecule has 3 heteroatoms. The average Bonchev–Trinajstić information content (AvgIpc) is 2.46. The lowest BCUT2D eigenvalue weighted by Gasteiger charge is -2.07. The smallest absolute Gasteiger partial charge is 0.196 e. The molecule has 0 aliphatic rings. The molecule has 0 aliphatic heterocycles. The first kappa shape index (κ1) is 12.5. The summed E-state index contributed by atoms with van der Waals surface area (Å²) < 4.78 is 14.0. The van der Waals surface area contributed by atoms with Gasteiger partial charge >= 0.3 is 0 Å². The number of pyridine rings is 1. The summed E-state index contributed by atoms with van der Waals surface area (Å²) in [6, 6.07) is 11.9. The summed E-state index contributed by atoms with van der Waals surface area (Å²) in [5, 5.41) is 1.65. The zero-order valence-electron chi connectivity index (χ0n) is 10.9. The molecule has 0 saturated heterocycles. The van der Waals surface area contributed by atoms with Crippen molar-refractivity contribution >= 4 is 16.6 Å². The second-order valence-corrected chi connectivity index (χ2v) is 4.71. The number of halogens is 1. The molecule has 0 atom stereocenters. The number of aryl methyl sites for hydroxylation is 1. The lowest BCUT2D eigenvalue weighted by atomic mass is 9.97. The summed E-state index contributed by atoms with van der Waals surface area (Å²) in [5.74, 6) is -0.808. The monoisotopic (exact) mass is 265 g/mol. The number of hydrogen-bond donors (Lipinski definition) is 0. The molecule has 0 unspecified atom stereocenters. The molecule has 1 heterocycles. The molecule has 2 aromatic carbocycles. The van der Waals surface area contributed by atoms with Crippen LogP contribution in [0.25, 0.3) is 10.8 Å². The highest BCUT2D eigenvalue weighted by atomic mass is 19.1. The Bertz CT molecular complexity index is 806. The normalized spacial score (nSPS) is 10.7. The third-order valence-corrected chi connectivity index (χ3v) is 3.30. The van der Waals surface area contributed by atoms with Gasteiger partial charge in [-0.05, 0) is 36.1 Å². The molecule has 3 aromatic rings. The Hall–Kier alpha value is -2.55. The van der Waals surface area contributed by atoms with E-state index in [1.165, 1.54) is 12.1 Å². The molecule has 0 fully saturated rings. The van der Waals surface area contributed by atoms with E-state index < -0.39 is 5.82 Å². The van der Waals surface area contributed by atoms with Crippen LogP contribution >= 0.6 is 0 Å². The van der Waals surface area contributed by atoms with E-state index in [1.54, 1.807) is 37.5 Å². The number of ketones is 1. The minimum atomic E-state index is -0.490. The molecule has 0 amide bonds. The van der Waals surface area contributed by atoms with Crippen LogP contribution in [0.2, 0.25) is 0 Å². The Morgan fingerprint density at radius 2 is 1.95 bits per heavy atom. The molecule has 0 bridgehead atoms. The molecule has 0 saturated carbocycles. The van der Waals surface area contributed by atoms with E-state index in [4.69, 9.17) is 0 Å². The fourth-order valence-electron chi connectivity index (χ4n) is 2.26. The second-order valence-electron chi connectivity index (χ2n) is 4.71. The number of aromatic nitrogens is 1. The Kier molecular flexibility index (Phi) is 3.03. The van der Waals surface area contributed by atoms with Gasteiger partial charge in [0, 0.05) is 23.3 Å². The number of nitrogens with zero attached hydrogens (tertiary/aromatic N) is 1.